The number of urea groups is 1. The Morgan fingerprint density at radius 2 is 1.86 bits per heavy atom. The van der Waals surface area contributed by atoms with Gasteiger partial charge in [-0.1, -0.05) is 30.3 Å². The van der Waals surface area contributed by atoms with E-state index in [1.807, 2.05) is 6.07 Å². The van der Waals surface area contributed by atoms with Crippen molar-refractivity contribution in [2.45, 2.75) is 30.2 Å². The summed E-state index contributed by atoms with van der Waals surface area (Å²) in [5, 5.41) is 14.3. The lowest BCUT2D eigenvalue weighted by atomic mass is 10.2. The van der Waals surface area contributed by atoms with Crippen molar-refractivity contribution >= 4 is 21.8 Å². The van der Waals surface area contributed by atoms with Crippen LogP contribution in [0.5, 0.6) is 0 Å². The van der Waals surface area contributed by atoms with Gasteiger partial charge in [0, 0.05) is 13.1 Å². The molecule has 1 saturated heterocycles. The van der Waals surface area contributed by atoms with E-state index < -0.39 is 39.1 Å². The molecule has 2 fully saturated rings. The van der Waals surface area contributed by atoms with Crippen LogP contribution in [-0.2, 0) is 25.1 Å². The Bertz CT molecular complexity index is 887. The van der Waals surface area contributed by atoms with E-state index in [0.717, 1.165) is 0 Å². The second kappa shape index (κ2) is 8.80. The third-order valence-corrected chi connectivity index (χ3v) is 6.50. The maximum Gasteiger partial charge on any atom is 0.318 e. The lowest BCUT2D eigenvalue weighted by Gasteiger charge is -2.29. The molecule has 0 spiro atoms. The summed E-state index contributed by atoms with van der Waals surface area (Å²) in [4.78, 5) is 26.7. The van der Waals surface area contributed by atoms with Crippen molar-refractivity contribution in [2.75, 3.05) is 32.1 Å². The summed E-state index contributed by atoms with van der Waals surface area (Å²) in [5.41, 5.74) is -0.357. The number of carbonyl (C=O) groups excluding carboxylic acids is 2. The molecule has 29 heavy (non-hydrogen) atoms. The summed E-state index contributed by atoms with van der Waals surface area (Å²) in [7, 11) is -3.70. The molecule has 3 rings (SSSR count). The first kappa shape index (κ1) is 21.1. The number of nitriles is 1. The Hall–Kier alpha value is -2.64. The van der Waals surface area contributed by atoms with Gasteiger partial charge in [-0.3, -0.25) is 4.79 Å². The van der Waals surface area contributed by atoms with E-state index in [1.165, 1.54) is 4.90 Å². The van der Waals surface area contributed by atoms with Crippen molar-refractivity contribution in [3.63, 3.8) is 0 Å². The number of morpholine rings is 1. The Labute approximate surface area is 169 Å². The standard InChI is InChI=1S/C19H24N4O5S/c20-14-19(6-7-19)22-17(24)16(21-18(25)23-8-10-28-11-9-23)13-29(26,27)12-15-4-2-1-3-5-15/h1-5,16H,6-13H2,(H,21,25)(H,22,24). The summed E-state index contributed by atoms with van der Waals surface area (Å²) < 4.78 is 30.6. The van der Waals surface area contributed by atoms with Gasteiger partial charge in [-0.05, 0) is 18.4 Å². The van der Waals surface area contributed by atoms with Crippen molar-refractivity contribution < 1.29 is 22.7 Å². The summed E-state index contributed by atoms with van der Waals surface area (Å²) in [6, 6.07) is 8.86. The number of amides is 3. The van der Waals surface area contributed by atoms with Gasteiger partial charge >= 0.3 is 6.03 Å². The minimum absolute atomic E-state index is 0.242. The smallest absolute Gasteiger partial charge is 0.318 e. The zero-order chi connectivity index (χ0) is 20.9. The molecule has 9 nitrogen and oxygen atoms in total. The minimum Gasteiger partial charge on any atom is -0.378 e. The van der Waals surface area contributed by atoms with E-state index in [0.29, 0.717) is 44.7 Å². The van der Waals surface area contributed by atoms with E-state index in [9.17, 15) is 23.3 Å². The highest BCUT2D eigenvalue weighted by molar-refractivity contribution is 7.90. The highest BCUT2D eigenvalue weighted by atomic mass is 32.2. The number of carbonyl (C=O) groups is 2. The fraction of sp³-hybridized carbons (Fsp3) is 0.526. The maximum absolute atomic E-state index is 12.7. The van der Waals surface area contributed by atoms with Crippen LogP contribution in [0.15, 0.2) is 30.3 Å². The molecular weight excluding hydrogens is 396 g/mol. The first-order valence-corrected chi connectivity index (χ1v) is 11.3. The van der Waals surface area contributed by atoms with Gasteiger partial charge in [0.25, 0.3) is 0 Å². The molecule has 1 aromatic rings. The number of hydrogen-bond donors (Lipinski definition) is 2. The van der Waals surface area contributed by atoms with Crippen molar-refractivity contribution in [1.29, 1.82) is 5.26 Å². The Balaban J connectivity index is 1.71. The van der Waals surface area contributed by atoms with Gasteiger partial charge in [-0.15, -0.1) is 0 Å². The molecule has 1 atom stereocenters. The van der Waals surface area contributed by atoms with E-state index >= 15 is 0 Å². The number of nitrogens with one attached hydrogen (secondary N) is 2. The fourth-order valence-electron chi connectivity index (χ4n) is 3.04. The van der Waals surface area contributed by atoms with Gasteiger partial charge in [0.15, 0.2) is 9.84 Å². The molecule has 0 bridgehead atoms. The lowest BCUT2D eigenvalue weighted by molar-refractivity contribution is -0.123. The Morgan fingerprint density at radius 3 is 2.45 bits per heavy atom. The second-order valence-corrected chi connectivity index (χ2v) is 9.43. The lowest BCUT2D eigenvalue weighted by Crippen LogP contribution is -2.57. The highest BCUT2D eigenvalue weighted by Crippen LogP contribution is 2.34. The molecule has 10 heteroatoms. The van der Waals surface area contributed by atoms with Crippen LogP contribution in [0.4, 0.5) is 4.79 Å². The third kappa shape index (κ3) is 5.92. The summed E-state index contributed by atoms with van der Waals surface area (Å²) in [5.74, 6) is -1.46. The van der Waals surface area contributed by atoms with Crippen LogP contribution in [0, 0.1) is 11.3 Å². The van der Waals surface area contributed by atoms with Gasteiger partial charge in [-0.2, -0.15) is 5.26 Å². The van der Waals surface area contributed by atoms with Gasteiger partial charge in [0.1, 0.15) is 11.6 Å². The third-order valence-electron chi connectivity index (χ3n) is 4.89. The topological polar surface area (TPSA) is 129 Å². The Kier molecular flexibility index (Phi) is 6.39. The Morgan fingerprint density at radius 1 is 1.21 bits per heavy atom. The summed E-state index contributed by atoms with van der Waals surface area (Å²) in [6.45, 7) is 1.49. The average Bonchev–Trinajstić information content (AvgIpc) is 3.48. The zero-order valence-electron chi connectivity index (χ0n) is 16.0. The zero-order valence-corrected chi connectivity index (χ0v) is 16.8. The average molecular weight is 420 g/mol. The maximum atomic E-state index is 12.7. The molecule has 1 unspecified atom stereocenters. The number of nitrogens with zero attached hydrogens (tertiary/aromatic N) is 2. The molecule has 1 aliphatic heterocycles. The van der Waals surface area contributed by atoms with Gasteiger partial charge in [0.2, 0.25) is 5.91 Å². The van der Waals surface area contributed by atoms with Crippen molar-refractivity contribution in [3.8, 4) is 6.07 Å². The number of sulfone groups is 1. The molecule has 0 aromatic heterocycles. The van der Waals surface area contributed by atoms with Crippen LogP contribution in [0.2, 0.25) is 0 Å². The van der Waals surface area contributed by atoms with Crippen molar-refractivity contribution in [1.82, 2.24) is 15.5 Å². The highest BCUT2D eigenvalue weighted by Gasteiger charge is 2.46. The number of benzene rings is 1. The predicted molar refractivity (Wildman–Crippen MR) is 104 cm³/mol. The monoisotopic (exact) mass is 420 g/mol. The van der Waals surface area contributed by atoms with E-state index in [2.05, 4.69) is 10.6 Å². The number of hydrogen-bond acceptors (Lipinski definition) is 6. The van der Waals surface area contributed by atoms with Crippen molar-refractivity contribution in [3.05, 3.63) is 35.9 Å². The predicted octanol–water partition coefficient (Wildman–Crippen LogP) is 0.184. The molecule has 2 aliphatic rings. The molecule has 1 aromatic carbocycles. The van der Waals surface area contributed by atoms with E-state index in [-0.39, 0.29) is 5.75 Å². The molecule has 1 saturated carbocycles. The molecule has 1 aliphatic carbocycles. The van der Waals surface area contributed by atoms with Crippen LogP contribution in [0.3, 0.4) is 0 Å². The van der Waals surface area contributed by atoms with E-state index in [4.69, 9.17) is 4.74 Å². The van der Waals surface area contributed by atoms with Crippen LogP contribution < -0.4 is 10.6 Å². The first-order chi connectivity index (χ1) is 13.8. The molecular formula is C19H24N4O5S. The summed E-state index contributed by atoms with van der Waals surface area (Å²) in [6.07, 6.45) is 1.02. The fourth-order valence-corrected chi connectivity index (χ4v) is 4.60. The molecule has 156 valence electrons. The van der Waals surface area contributed by atoms with Gasteiger partial charge in [-0.25, -0.2) is 13.2 Å². The van der Waals surface area contributed by atoms with E-state index in [1.54, 1.807) is 30.3 Å². The molecule has 1 heterocycles. The quantitative estimate of drug-likeness (QED) is 0.648. The SMILES string of the molecule is N#CC1(NC(=O)C(CS(=O)(=O)Cc2ccccc2)NC(=O)N2CCOCC2)CC1. The largest absolute Gasteiger partial charge is 0.378 e. The second-order valence-electron chi connectivity index (χ2n) is 7.32. The molecule has 3 amide bonds. The normalized spacial score (nSPS) is 18.9. The number of rotatable bonds is 7. The van der Waals surface area contributed by atoms with Gasteiger partial charge < -0.3 is 20.3 Å². The van der Waals surface area contributed by atoms with Crippen LogP contribution >= 0.6 is 0 Å². The van der Waals surface area contributed by atoms with Crippen LogP contribution in [-0.4, -0.2) is 68.9 Å². The molecule has 2 N–H and O–H groups in total. The van der Waals surface area contributed by atoms with Crippen LogP contribution in [0.1, 0.15) is 18.4 Å². The minimum atomic E-state index is -3.70. The number of ether oxygens (including phenoxy) is 1. The van der Waals surface area contributed by atoms with Gasteiger partial charge in [0.05, 0.1) is 30.8 Å². The summed E-state index contributed by atoms with van der Waals surface area (Å²) >= 11 is 0. The first-order valence-electron chi connectivity index (χ1n) is 9.43. The molecule has 0 radical (unpaired) electrons. The van der Waals surface area contributed by atoms with Crippen LogP contribution in [0.25, 0.3) is 0 Å². The van der Waals surface area contributed by atoms with Crippen molar-refractivity contribution in [2.24, 2.45) is 0 Å².